The van der Waals surface area contributed by atoms with Crippen LogP contribution in [0, 0.1) is 6.07 Å². The summed E-state index contributed by atoms with van der Waals surface area (Å²) in [6.45, 7) is 0. The molecule has 0 aliphatic heterocycles. The molecule has 0 unspecified atom stereocenters. The molecule has 0 aliphatic carbocycles. The average Bonchev–Trinajstić information content (AvgIpc) is 2.19. The number of benzene rings is 1. The molecular weight excluding hydrogens is 198 g/mol. The quantitative estimate of drug-likeness (QED) is 0.749. The maximum Gasteiger partial charge on any atom is 0.130 e. The van der Waals surface area contributed by atoms with Crippen molar-refractivity contribution in [3.63, 3.8) is 0 Å². The van der Waals surface area contributed by atoms with Gasteiger partial charge in [0.2, 0.25) is 0 Å². The van der Waals surface area contributed by atoms with Crippen LogP contribution >= 0.6 is 11.6 Å². The van der Waals surface area contributed by atoms with E-state index in [1.807, 2.05) is 0 Å². The van der Waals surface area contributed by atoms with E-state index in [4.69, 9.17) is 16.3 Å². The van der Waals surface area contributed by atoms with Gasteiger partial charge >= 0.3 is 0 Å². The largest absolute Gasteiger partial charge is 0.457 e. The Kier molecular flexibility index (Phi) is 2.65. The first-order valence-corrected chi connectivity index (χ1v) is 4.47. The van der Waals surface area contributed by atoms with Crippen molar-refractivity contribution in [2.24, 2.45) is 0 Å². The molecule has 69 valence electrons. The summed E-state index contributed by atoms with van der Waals surface area (Å²) in [6, 6.07) is 11.6. The first kappa shape index (κ1) is 9.03. The first-order valence-electron chi connectivity index (χ1n) is 4.10. The van der Waals surface area contributed by atoms with Gasteiger partial charge in [-0.25, -0.2) is 0 Å². The smallest absolute Gasteiger partial charge is 0.130 e. The minimum atomic E-state index is 0.538. The summed E-state index contributed by atoms with van der Waals surface area (Å²) >= 11 is 5.76. The standard InChI is InChI=1S/C11H7ClNO/c12-9-2-1-3-11(8-9)14-10-4-6-13-7-5-10/h1,3-8H. The van der Waals surface area contributed by atoms with Crippen LogP contribution in [0.3, 0.4) is 0 Å². The summed E-state index contributed by atoms with van der Waals surface area (Å²) in [5, 5.41) is 0.538. The molecule has 1 aromatic carbocycles. The molecule has 14 heavy (non-hydrogen) atoms. The zero-order valence-electron chi connectivity index (χ0n) is 7.27. The summed E-state index contributed by atoms with van der Waals surface area (Å²) in [7, 11) is 0. The van der Waals surface area contributed by atoms with Crippen molar-refractivity contribution in [3.8, 4) is 11.5 Å². The van der Waals surface area contributed by atoms with E-state index in [0.29, 0.717) is 10.8 Å². The second-order valence-electron chi connectivity index (χ2n) is 2.66. The van der Waals surface area contributed by atoms with E-state index in [9.17, 15) is 0 Å². The van der Waals surface area contributed by atoms with Gasteiger partial charge in [0.1, 0.15) is 11.5 Å². The third-order valence-corrected chi connectivity index (χ3v) is 1.84. The van der Waals surface area contributed by atoms with E-state index in [-0.39, 0.29) is 0 Å². The lowest BCUT2D eigenvalue weighted by Gasteiger charge is -2.04. The Morgan fingerprint density at radius 3 is 2.64 bits per heavy atom. The summed E-state index contributed by atoms with van der Waals surface area (Å²) in [5.74, 6) is 1.43. The molecule has 0 aliphatic rings. The van der Waals surface area contributed by atoms with Crippen molar-refractivity contribution >= 4 is 11.6 Å². The number of ether oxygens (including phenoxy) is 1. The van der Waals surface area contributed by atoms with Crippen molar-refractivity contribution in [1.82, 2.24) is 4.98 Å². The highest BCUT2D eigenvalue weighted by atomic mass is 35.5. The summed E-state index contributed by atoms with van der Waals surface area (Å²) in [6.07, 6.45) is 3.35. The Morgan fingerprint density at radius 2 is 1.93 bits per heavy atom. The fourth-order valence-corrected chi connectivity index (χ4v) is 1.19. The average molecular weight is 205 g/mol. The van der Waals surface area contributed by atoms with Crippen LogP contribution in [0.25, 0.3) is 0 Å². The summed E-state index contributed by atoms with van der Waals surface area (Å²) in [5.41, 5.74) is 0. The Hall–Kier alpha value is -1.54. The Labute approximate surface area is 87.1 Å². The zero-order valence-corrected chi connectivity index (χ0v) is 8.03. The molecule has 1 aromatic heterocycles. The van der Waals surface area contributed by atoms with E-state index in [1.165, 1.54) is 0 Å². The predicted molar refractivity (Wildman–Crippen MR) is 54.6 cm³/mol. The van der Waals surface area contributed by atoms with E-state index in [2.05, 4.69) is 11.1 Å². The van der Waals surface area contributed by atoms with Crippen LogP contribution < -0.4 is 4.74 Å². The number of halogens is 1. The van der Waals surface area contributed by atoms with Crippen LogP contribution in [0.2, 0.25) is 5.02 Å². The Bertz CT molecular complexity index is 417. The highest BCUT2D eigenvalue weighted by Crippen LogP contribution is 2.22. The fraction of sp³-hybridized carbons (Fsp3) is 0. The van der Waals surface area contributed by atoms with Gasteiger partial charge in [-0.3, -0.25) is 4.98 Å². The lowest BCUT2D eigenvalue weighted by atomic mass is 10.3. The third-order valence-electron chi connectivity index (χ3n) is 1.62. The van der Waals surface area contributed by atoms with Crippen molar-refractivity contribution in [2.75, 3.05) is 0 Å². The van der Waals surface area contributed by atoms with Crippen molar-refractivity contribution in [2.45, 2.75) is 0 Å². The van der Waals surface area contributed by atoms with Gasteiger partial charge in [-0.05, 0) is 24.3 Å². The van der Waals surface area contributed by atoms with E-state index in [1.54, 1.807) is 42.7 Å². The van der Waals surface area contributed by atoms with Gasteiger partial charge in [-0.15, -0.1) is 0 Å². The number of rotatable bonds is 2. The molecule has 0 fully saturated rings. The molecular formula is C11H7ClNO. The minimum absolute atomic E-state index is 0.538. The molecule has 2 aromatic rings. The zero-order chi connectivity index (χ0) is 9.80. The van der Waals surface area contributed by atoms with Gasteiger partial charge in [0, 0.05) is 24.5 Å². The molecule has 0 spiro atoms. The molecule has 2 nitrogen and oxygen atoms in total. The monoisotopic (exact) mass is 204 g/mol. The SMILES string of the molecule is Clc1[c]ccc(Oc2ccncc2)c1. The maximum atomic E-state index is 5.76. The summed E-state index contributed by atoms with van der Waals surface area (Å²) in [4.78, 5) is 3.89. The molecule has 1 heterocycles. The van der Waals surface area contributed by atoms with Gasteiger partial charge in [0.15, 0.2) is 0 Å². The van der Waals surface area contributed by atoms with Crippen molar-refractivity contribution < 1.29 is 4.74 Å². The molecule has 0 bridgehead atoms. The van der Waals surface area contributed by atoms with Gasteiger partial charge in [-0.2, -0.15) is 0 Å². The topological polar surface area (TPSA) is 22.1 Å². The van der Waals surface area contributed by atoms with E-state index < -0.39 is 0 Å². The number of hydrogen-bond acceptors (Lipinski definition) is 2. The van der Waals surface area contributed by atoms with Crippen LogP contribution in [0.5, 0.6) is 11.5 Å². The number of pyridine rings is 1. The highest BCUT2D eigenvalue weighted by molar-refractivity contribution is 6.30. The predicted octanol–water partition coefficient (Wildman–Crippen LogP) is 3.33. The van der Waals surface area contributed by atoms with E-state index >= 15 is 0 Å². The van der Waals surface area contributed by atoms with Crippen LogP contribution in [-0.4, -0.2) is 4.98 Å². The lowest BCUT2D eigenvalue weighted by Crippen LogP contribution is -1.83. The first-order chi connectivity index (χ1) is 6.84. The molecule has 0 atom stereocenters. The lowest BCUT2D eigenvalue weighted by molar-refractivity contribution is 0.482. The van der Waals surface area contributed by atoms with Crippen LogP contribution in [0.1, 0.15) is 0 Å². The number of aromatic nitrogens is 1. The van der Waals surface area contributed by atoms with Crippen LogP contribution in [-0.2, 0) is 0 Å². The second kappa shape index (κ2) is 4.11. The normalized spacial score (nSPS) is 9.79. The van der Waals surface area contributed by atoms with E-state index in [0.717, 1.165) is 5.75 Å². The molecule has 0 N–H and O–H groups in total. The van der Waals surface area contributed by atoms with Gasteiger partial charge in [-0.1, -0.05) is 11.6 Å². The Balaban J connectivity index is 2.19. The van der Waals surface area contributed by atoms with Crippen LogP contribution in [0.15, 0.2) is 42.7 Å². The highest BCUT2D eigenvalue weighted by Gasteiger charge is 1.96. The van der Waals surface area contributed by atoms with Gasteiger partial charge < -0.3 is 4.74 Å². The molecule has 0 amide bonds. The van der Waals surface area contributed by atoms with Crippen molar-refractivity contribution in [1.29, 1.82) is 0 Å². The fourth-order valence-electron chi connectivity index (χ4n) is 1.02. The molecule has 3 heteroatoms. The molecule has 0 saturated carbocycles. The second-order valence-corrected chi connectivity index (χ2v) is 3.06. The maximum absolute atomic E-state index is 5.76. The summed E-state index contributed by atoms with van der Waals surface area (Å²) < 4.78 is 5.51. The number of hydrogen-bond donors (Lipinski definition) is 0. The number of nitrogens with zero attached hydrogens (tertiary/aromatic N) is 1. The molecule has 1 radical (unpaired) electrons. The van der Waals surface area contributed by atoms with Crippen molar-refractivity contribution in [3.05, 3.63) is 53.8 Å². The Morgan fingerprint density at radius 1 is 1.14 bits per heavy atom. The third kappa shape index (κ3) is 2.24. The van der Waals surface area contributed by atoms with Crippen LogP contribution in [0.4, 0.5) is 0 Å². The molecule has 2 rings (SSSR count). The van der Waals surface area contributed by atoms with Gasteiger partial charge in [0.05, 0.1) is 5.02 Å². The molecule has 0 saturated heterocycles. The minimum Gasteiger partial charge on any atom is -0.457 e. The van der Waals surface area contributed by atoms with Gasteiger partial charge in [0.25, 0.3) is 0 Å².